The number of hydrogen-bond donors (Lipinski definition) is 2. The molecule has 1 atom stereocenters. The SMILES string of the molecule is CCC1(C(=O)O)CCN(C(=O)N(C)Cc2n[nH]c(C)n2)C1. The van der Waals surface area contributed by atoms with E-state index in [1.807, 2.05) is 6.92 Å². The molecule has 1 fully saturated rings. The third-order valence-corrected chi connectivity index (χ3v) is 4.10. The second-order valence-corrected chi connectivity index (χ2v) is 5.59. The molecule has 1 aliphatic rings. The van der Waals surface area contributed by atoms with Crippen molar-refractivity contribution in [3.05, 3.63) is 11.6 Å². The third-order valence-electron chi connectivity index (χ3n) is 4.10. The second-order valence-electron chi connectivity index (χ2n) is 5.59. The Kier molecular flexibility index (Phi) is 4.15. The number of aliphatic carboxylic acids is 1. The van der Waals surface area contributed by atoms with Crippen LogP contribution in [0.5, 0.6) is 0 Å². The Morgan fingerprint density at radius 2 is 2.24 bits per heavy atom. The van der Waals surface area contributed by atoms with Crippen LogP contribution in [0.4, 0.5) is 4.79 Å². The quantitative estimate of drug-likeness (QED) is 0.857. The molecule has 0 aromatic carbocycles. The molecular weight excluding hydrogens is 274 g/mol. The molecule has 0 radical (unpaired) electrons. The summed E-state index contributed by atoms with van der Waals surface area (Å²) in [5.41, 5.74) is -0.808. The van der Waals surface area contributed by atoms with E-state index in [0.29, 0.717) is 37.6 Å². The van der Waals surface area contributed by atoms with Crippen molar-refractivity contribution in [1.29, 1.82) is 0 Å². The van der Waals surface area contributed by atoms with Gasteiger partial charge in [0.25, 0.3) is 0 Å². The summed E-state index contributed by atoms with van der Waals surface area (Å²) >= 11 is 0. The maximum absolute atomic E-state index is 12.4. The number of urea groups is 1. The van der Waals surface area contributed by atoms with E-state index in [4.69, 9.17) is 0 Å². The van der Waals surface area contributed by atoms with Crippen molar-refractivity contribution >= 4 is 12.0 Å². The highest BCUT2D eigenvalue weighted by molar-refractivity contribution is 5.79. The number of aryl methyl sites for hydroxylation is 1. The highest BCUT2D eigenvalue weighted by Crippen LogP contribution is 2.34. The van der Waals surface area contributed by atoms with E-state index in [1.54, 1.807) is 18.9 Å². The number of nitrogens with zero attached hydrogens (tertiary/aromatic N) is 4. The first-order valence-electron chi connectivity index (χ1n) is 6.99. The van der Waals surface area contributed by atoms with Crippen molar-refractivity contribution in [1.82, 2.24) is 25.0 Å². The van der Waals surface area contributed by atoms with Gasteiger partial charge in [-0.1, -0.05) is 6.92 Å². The molecule has 8 nitrogen and oxygen atoms in total. The lowest BCUT2D eigenvalue weighted by atomic mass is 9.84. The smallest absolute Gasteiger partial charge is 0.320 e. The molecule has 1 unspecified atom stereocenters. The summed E-state index contributed by atoms with van der Waals surface area (Å²) in [6, 6.07) is -0.186. The number of carbonyl (C=O) groups excluding carboxylic acids is 1. The van der Waals surface area contributed by atoms with Crippen LogP contribution in [0.25, 0.3) is 0 Å². The molecule has 2 rings (SSSR count). The van der Waals surface area contributed by atoms with E-state index in [2.05, 4.69) is 15.2 Å². The van der Waals surface area contributed by atoms with E-state index < -0.39 is 11.4 Å². The van der Waals surface area contributed by atoms with Gasteiger partial charge in [0, 0.05) is 20.1 Å². The topological polar surface area (TPSA) is 102 Å². The minimum absolute atomic E-state index is 0.186. The normalized spacial score (nSPS) is 21.6. The van der Waals surface area contributed by atoms with Gasteiger partial charge in [-0.25, -0.2) is 9.78 Å². The van der Waals surface area contributed by atoms with Gasteiger partial charge in [-0.2, -0.15) is 5.10 Å². The number of aromatic amines is 1. The van der Waals surface area contributed by atoms with Gasteiger partial charge in [-0.15, -0.1) is 0 Å². The van der Waals surface area contributed by atoms with E-state index in [-0.39, 0.29) is 12.6 Å². The monoisotopic (exact) mass is 295 g/mol. The largest absolute Gasteiger partial charge is 0.481 e. The van der Waals surface area contributed by atoms with Crippen LogP contribution in [0, 0.1) is 12.3 Å². The van der Waals surface area contributed by atoms with Crippen molar-refractivity contribution in [2.75, 3.05) is 20.1 Å². The molecule has 0 spiro atoms. The molecule has 1 saturated heterocycles. The van der Waals surface area contributed by atoms with E-state index in [1.165, 1.54) is 4.90 Å². The standard InChI is InChI=1S/C13H21N5O3/c1-4-13(11(19)20)5-6-18(8-13)12(21)17(3)7-10-14-9(2)15-16-10/h4-8H2,1-3H3,(H,19,20)(H,14,15,16). The molecule has 0 bridgehead atoms. The zero-order valence-corrected chi connectivity index (χ0v) is 12.6. The average Bonchev–Trinajstić information content (AvgIpc) is 3.05. The zero-order chi connectivity index (χ0) is 15.6. The number of amides is 2. The summed E-state index contributed by atoms with van der Waals surface area (Å²) in [7, 11) is 1.67. The van der Waals surface area contributed by atoms with Crippen LogP contribution in [0.2, 0.25) is 0 Å². The first kappa shape index (κ1) is 15.3. The maximum atomic E-state index is 12.4. The average molecular weight is 295 g/mol. The fourth-order valence-electron chi connectivity index (χ4n) is 2.63. The minimum atomic E-state index is -0.826. The van der Waals surface area contributed by atoms with Crippen LogP contribution in [-0.2, 0) is 11.3 Å². The molecular formula is C13H21N5O3. The first-order chi connectivity index (χ1) is 9.88. The van der Waals surface area contributed by atoms with Gasteiger partial charge in [-0.3, -0.25) is 9.89 Å². The molecule has 8 heteroatoms. The van der Waals surface area contributed by atoms with Crippen LogP contribution in [0.15, 0.2) is 0 Å². The Labute approximate surface area is 123 Å². The lowest BCUT2D eigenvalue weighted by Crippen LogP contribution is -2.42. The summed E-state index contributed by atoms with van der Waals surface area (Å²) in [6.45, 7) is 4.67. The van der Waals surface area contributed by atoms with Crippen molar-refractivity contribution in [2.24, 2.45) is 5.41 Å². The predicted octanol–water partition coefficient (Wildman–Crippen LogP) is 0.852. The van der Waals surface area contributed by atoms with Crippen molar-refractivity contribution in [3.63, 3.8) is 0 Å². The molecule has 1 aliphatic heterocycles. The first-order valence-corrected chi connectivity index (χ1v) is 6.99. The van der Waals surface area contributed by atoms with Gasteiger partial charge in [0.1, 0.15) is 5.82 Å². The summed E-state index contributed by atoms with van der Waals surface area (Å²) in [6.07, 6.45) is 1.02. The predicted molar refractivity (Wildman–Crippen MR) is 74.5 cm³/mol. The molecule has 2 heterocycles. The summed E-state index contributed by atoms with van der Waals surface area (Å²) in [5, 5.41) is 16.1. The highest BCUT2D eigenvalue weighted by atomic mass is 16.4. The van der Waals surface area contributed by atoms with E-state index in [9.17, 15) is 14.7 Å². The van der Waals surface area contributed by atoms with Gasteiger partial charge in [-0.05, 0) is 19.8 Å². The Morgan fingerprint density at radius 3 is 2.71 bits per heavy atom. The van der Waals surface area contributed by atoms with Crippen LogP contribution >= 0.6 is 0 Å². The molecule has 0 aliphatic carbocycles. The molecule has 1 aromatic heterocycles. The van der Waals surface area contributed by atoms with Gasteiger partial charge < -0.3 is 14.9 Å². The number of hydrogen-bond acceptors (Lipinski definition) is 4. The van der Waals surface area contributed by atoms with Gasteiger partial charge in [0.2, 0.25) is 0 Å². The Balaban J connectivity index is 1.99. The number of aromatic nitrogens is 3. The maximum Gasteiger partial charge on any atom is 0.320 e. The number of carboxylic acids is 1. The molecule has 2 N–H and O–H groups in total. The number of carbonyl (C=O) groups is 2. The Bertz CT molecular complexity index is 544. The second kappa shape index (κ2) is 5.71. The lowest BCUT2D eigenvalue weighted by Gasteiger charge is -2.26. The zero-order valence-electron chi connectivity index (χ0n) is 12.6. The fraction of sp³-hybridized carbons (Fsp3) is 0.692. The summed E-state index contributed by atoms with van der Waals surface area (Å²) in [5.74, 6) is 0.415. The van der Waals surface area contributed by atoms with Crippen molar-refractivity contribution in [3.8, 4) is 0 Å². The summed E-state index contributed by atoms with van der Waals surface area (Å²) < 4.78 is 0. The van der Waals surface area contributed by atoms with Gasteiger partial charge >= 0.3 is 12.0 Å². The molecule has 2 amide bonds. The molecule has 0 saturated carbocycles. The van der Waals surface area contributed by atoms with E-state index in [0.717, 1.165) is 0 Å². The Hall–Kier alpha value is -2.12. The van der Waals surface area contributed by atoms with Crippen LogP contribution in [0.1, 0.15) is 31.4 Å². The molecule has 21 heavy (non-hydrogen) atoms. The third kappa shape index (κ3) is 2.98. The summed E-state index contributed by atoms with van der Waals surface area (Å²) in [4.78, 5) is 31.1. The molecule has 1 aromatic rings. The number of H-pyrrole nitrogens is 1. The van der Waals surface area contributed by atoms with Crippen molar-refractivity contribution in [2.45, 2.75) is 33.2 Å². The Morgan fingerprint density at radius 1 is 1.52 bits per heavy atom. The van der Waals surface area contributed by atoms with Crippen molar-refractivity contribution < 1.29 is 14.7 Å². The minimum Gasteiger partial charge on any atom is -0.481 e. The van der Waals surface area contributed by atoms with Crippen LogP contribution in [0.3, 0.4) is 0 Å². The molecule has 116 valence electrons. The van der Waals surface area contributed by atoms with Gasteiger partial charge in [0.05, 0.1) is 12.0 Å². The van der Waals surface area contributed by atoms with Crippen LogP contribution in [-0.4, -0.2) is 62.2 Å². The highest BCUT2D eigenvalue weighted by Gasteiger charge is 2.45. The van der Waals surface area contributed by atoms with E-state index >= 15 is 0 Å². The number of rotatable bonds is 4. The van der Waals surface area contributed by atoms with Gasteiger partial charge in [0.15, 0.2) is 5.82 Å². The number of likely N-dealkylation sites (tertiary alicyclic amines) is 1. The lowest BCUT2D eigenvalue weighted by molar-refractivity contribution is -0.148. The number of nitrogens with one attached hydrogen (secondary N) is 1. The fourth-order valence-corrected chi connectivity index (χ4v) is 2.63. The number of carboxylic acid groups (broad SMARTS) is 1. The van der Waals surface area contributed by atoms with Crippen LogP contribution < -0.4 is 0 Å².